The van der Waals surface area contributed by atoms with Gasteiger partial charge in [0, 0.05) is 19.7 Å². The van der Waals surface area contributed by atoms with E-state index in [1.807, 2.05) is 35.2 Å². The van der Waals surface area contributed by atoms with Gasteiger partial charge in [0.2, 0.25) is 5.91 Å². The second-order valence-corrected chi connectivity index (χ2v) is 8.38. The van der Waals surface area contributed by atoms with E-state index >= 15 is 0 Å². The van der Waals surface area contributed by atoms with Crippen LogP contribution in [0.1, 0.15) is 30.4 Å². The minimum absolute atomic E-state index is 0.00648. The molecule has 0 saturated carbocycles. The zero-order valence-electron chi connectivity index (χ0n) is 17.7. The van der Waals surface area contributed by atoms with E-state index in [0.29, 0.717) is 26.3 Å². The number of halogens is 3. The van der Waals surface area contributed by atoms with Crippen LogP contribution in [-0.2, 0) is 27.1 Å². The number of hydrogen-bond acceptors (Lipinski definition) is 4. The molecule has 4 rings (SSSR count). The van der Waals surface area contributed by atoms with Crippen LogP contribution in [0.3, 0.4) is 0 Å². The van der Waals surface area contributed by atoms with E-state index in [-0.39, 0.29) is 23.9 Å². The highest BCUT2D eigenvalue weighted by Gasteiger charge is 2.47. The first-order valence-electron chi connectivity index (χ1n) is 10.8. The maximum Gasteiger partial charge on any atom is 0.418 e. The fraction of sp³-hybridized carbons (Fsp3) is 0.458. The van der Waals surface area contributed by atoms with Gasteiger partial charge in [0.1, 0.15) is 0 Å². The number of alkyl halides is 3. The summed E-state index contributed by atoms with van der Waals surface area (Å²) in [5, 5.41) is 2.43. The molecule has 2 aliphatic rings. The SMILES string of the molecule is O=C(CN1CC[C@]2(CCCO2)[C@@H](OCc2ccccc2)C1)Nc1ccccc1C(F)(F)F. The third-order valence-corrected chi connectivity index (χ3v) is 6.16. The lowest BCUT2D eigenvalue weighted by atomic mass is 9.85. The minimum atomic E-state index is -4.53. The number of amides is 1. The maximum absolute atomic E-state index is 13.2. The van der Waals surface area contributed by atoms with Crippen molar-refractivity contribution in [3.8, 4) is 0 Å². The average Bonchev–Trinajstić information content (AvgIpc) is 3.24. The molecule has 2 aromatic carbocycles. The third-order valence-electron chi connectivity index (χ3n) is 6.16. The van der Waals surface area contributed by atoms with Crippen molar-refractivity contribution in [2.45, 2.75) is 43.8 Å². The molecule has 2 atom stereocenters. The van der Waals surface area contributed by atoms with Crippen molar-refractivity contribution in [2.24, 2.45) is 0 Å². The van der Waals surface area contributed by atoms with E-state index < -0.39 is 17.6 Å². The van der Waals surface area contributed by atoms with Crippen LogP contribution in [0, 0.1) is 0 Å². The molecular formula is C24H27F3N2O3. The highest BCUT2D eigenvalue weighted by Crippen LogP contribution is 2.38. The Labute approximate surface area is 185 Å². The second kappa shape index (κ2) is 9.60. The lowest BCUT2D eigenvalue weighted by molar-refractivity contribution is -0.159. The number of nitrogens with one attached hydrogen (secondary N) is 1. The number of likely N-dealkylation sites (tertiary alicyclic amines) is 1. The first-order valence-corrected chi connectivity index (χ1v) is 10.8. The first kappa shape index (κ1) is 22.8. The molecule has 0 radical (unpaired) electrons. The number of ether oxygens (including phenoxy) is 2. The average molecular weight is 448 g/mol. The van der Waals surface area contributed by atoms with Crippen LogP contribution in [0.15, 0.2) is 54.6 Å². The quantitative estimate of drug-likeness (QED) is 0.708. The van der Waals surface area contributed by atoms with Gasteiger partial charge in [-0.1, -0.05) is 42.5 Å². The van der Waals surface area contributed by atoms with E-state index in [9.17, 15) is 18.0 Å². The molecule has 1 amide bonds. The fourth-order valence-electron chi connectivity index (χ4n) is 4.52. The molecule has 2 aliphatic heterocycles. The fourth-order valence-corrected chi connectivity index (χ4v) is 4.52. The smallest absolute Gasteiger partial charge is 0.372 e. The molecule has 1 N–H and O–H groups in total. The topological polar surface area (TPSA) is 50.8 Å². The molecule has 0 aromatic heterocycles. The van der Waals surface area contributed by atoms with Crippen LogP contribution in [0.2, 0.25) is 0 Å². The minimum Gasteiger partial charge on any atom is -0.372 e. The van der Waals surface area contributed by atoms with E-state index in [1.165, 1.54) is 18.2 Å². The Morgan fingerprint density at radius 1 is 1.12 bits per heavy atom. The summed E-state index contributed by atoms with van der Waals surface area (Å²) in [6, 6.07) is 14.9. The summed E-state index contributed by atoms with van der Waals surface area (Å²) in [4.78, 5) is 14.5. The molecular weight excluding hydrogens is 421 g/mol. The van der Waals surface area contributed by atoms with Crippen molar-refractivity contribution in [2.75, 3.05) is 31.6 Å². The van der Waals surface area contributed by atoms with Gasteiger partial charge >= 0.3 is 6.18 Å². The standard InChI is InChI=1S/C24H27F3N2O3/c25-24(26,27)19-9-4-5-10-20(19)28-22(30)16-29-13-12-23(11-6-14-32-23)21(15-29)31-17-18-7-2-1-3-8-18/h1-5,7-10,21H,6,11-17H2,(H,28,30)/t21-,23+/m0/s1. The van der Waals surface area contributed by atoms with E-state index in [2.05, 4.69) is 5.32 Å². The molecule has 2 aromatic rings. The van der Waals surface area contributed by atoms with Gasteiger partial charge in [-0.2, -0.15) is 13.2 Å². The van der Waals surface area contributed by atoms with Crippen molar-refractivity contribution >= 4 is 11.6 Å². The van der Waals surface area contributed by atoms with Gasteiger partial charge in [0.25, 0.3) is 0 Å². The summed E-state index contributed by atoms with van der Waals surface area (Å²) in [7, 11) is 0. The van der Waals surface area contributed by atoms with E-state index in [4.69, 9.17) is 9.47 Å². The van der Waals surface area contributed by atoms with Crippen molar-refractivity contribution in [1.29, 1.82) is 0 Å². The Hall–Kier alpha value is -2.42. The van der Waals surface area contributed by atoms with Crippen molar-refractivity contribution in [3.05, 3.63) is 65.7 Å². The zero-order chi connectivity index (χ0) is 22.6. The summed E-state index contributed by atoms with van der Waals surface area (Å²) >= 11 is 0. The van der Waals surface area contributed by atoms with Crippen LogP contribution in [0.4, 0.5) is 18.9 Å². The molecule has 2 heterocycles. The number of benzene rings is 2. The third kappa shape index (κ3) is 5.31. The molecule has 172 valence electrons. The Balaban J connectivity index is 1.40. The van der Waals surface area contributed by atoms with Crippen LogP contribution < -0.4 is 5.32 Å². The van der Waals surface area contributed by atoms with Crippen LogP contribution in [-0.4, -0.2) is 48.8 Å². The molecule has 2 saturated heterocycles. The van der Waals surface area contributed by atoms with Crippen molar-refractivity contribution in [3.63, 3.8) is 0 Å². The summed E-state index contributed by atoms with van der Waals surface area (Å²) < 4.78 is 52.0. The number of para-hydroxylation sites is 1. The molecule has 32 heavy (non-hydrogen) atoms. The Morgan fingerprint density at radius 3 is 2.59 bits per heavy atom. The predicted molar refractivity (Wildman–Crippen MR) is 114 cm³/mol. The maximum atomic E-state index is 13.2. The summed E-state index contributed by atoms with van der Waals surface area (Å²) in [6.07, 6.45) is -2.14. The largest absolute Gasteiger partial charge is 0.418 e. The molecule has 5 nitrogen and oxygen atoms in total. The Morgan fingerprint density at radius 2 is 1.88 bits per heavy atom. The summed E-state index contributed by atoms with van der Waals surface area (Å²) in [5.41, 5.74) is -0.381. The van der Waals surface area contributed by atoms with Crippen molar-refractivity contribution < 1.29 is 27.4 Å². The van der Waals surface area contributed by atoms with Gasteiger partial charge in [-0.25, -0.2) is 0 Å². The highest BCUT2D eigenvalue weighted by molar-refractivity contribution is 5.93. The molecule has 2 fully saturated rings. The number of carbonyl (C=O) groups excluding carboxylic acids is 1. The highest BCUT2D eigenvalue weighted by atomic mass is 19.4. The number of piperidine rings is 1. The van der Waals surface area contributed by atoms with Crippen molar-refractivity contribution in [1.82, 2.24) is 4.90 Å². The van der Waals surface area contributed by atoms with Crippen LogP contribution in [0.25, 0.3) is 0 Å². The predicted octanol–water partition coefficient (Wildman–Crippen LogP) is 4.48. The number of rotatable bonds is 6. The molecule has 1 spiro atoms. The zero-order valence-corrected chi connectivity index (χ0v) is 17.7. The Bertz CT molecular complexity index is 914. The van der Waals surface area contributed by atoms with Crippen LogP contribution in [0.5, 0.6) is 0 Å². The van der Waals surface area contributed by atoms with Gasteiger partial charge in [-0.3, -0.25) is 9.69 Å². The summed E-state index contributed by atoms with van der Waals surface area (Å²) in [6.45, 7) is 2.24. The van der Waals surface area contributed by atoms with Gasteiger partial charge in [0.15, 0.2) is 0 Å². The molecule has 0 unspecified atom stereocenters. The Kier molecular flexibility index (Phi) is 6.83. The van der Waals surface area contributed by atoms with Gasteiger partial charge in [-0.15, -0.1) is 0 Å². The van der Waals surface area contributed by atoms with Gasteiger partial charge in [0.05, 0.1) is 36.1 Å². The van der Waals surface area contributed by atoms with E-state index in [1.54, 1.807) is 0 Å². The lowest BCUT2D eigenvalue weighted by Gasteiger charge is -2.44. The van der Waals surface area contributed by atoms with Gasteiger partial charge in [-0.05, 0) is 37.0 Å². The molecule has 0 aliphatic carbocycles. The monoisotopic (exact) mass is 448 g/mol. The molecule has 8 heteroatoms. The lowest BCUT2D eigenvalue weighted by Crippen LogP contribution is -2.57. The summed E-state index contributed by atoms with van der Waals surface area (Å²) in [5.74, 6) is -0.480. The van der Waals surface area contributed by atoms with Crippen LogP contribution >= 0.6 is 0 Å². The molecule has 0 bridgehead atoms. The second-order valence-electron chi connectivity index (χ2n) is 8.38. The number of carbonyl (C=O) groups is 1. The number of nitrogens with zero attached hydrogens (tertiary/aromatic N) is 1. The first-order chi connectivity index (χ1) is 15.4. The van der Waals surface area contributed by atoms with Gasteiger partial charge < -0.3 is 14.8 Å². The number of anilines is 1. The van der Waals surface area contributed by atoms with E-state index in [0.717, 1.165) is 30.9 Å². The normalized spacial score (nSPS) is 24.0. The number of hydrogen-bond donors (Lipinski definition) is 1.